The molecule has 7 nitrogen and oxygen atoms in total. The normalized spacial score (nSPS) is 10.7. The molecule has 2 heterocycles. The number of nitrogens with zero attached hydrogens (tertiary/aromatic N) is 2. The van der Waals surface area contributed by atoms with Crippen LogP contribution in [-0.4, -0.2) is 15.4 Å². The maximum atomic E-state index is 12.7. The van der Waals surface area contributed by atoms with Gasteiger partial charge in [-0.1, -0.05) is 6.07 Å². The molecule has 1 aromatic carbocycles. The van der Waals surface area contributed by atoms with Gasteiger partial charge in [-0.2, -0.15) is 0 Å². The van der Waals surface area contributed by atoms with Gasteiger partial charge < -0.3 is 14.3 Å². The molecule has 3 rings (SSSR count). The second kappa shape index (κ2) is 6.87. The molecule has 0 bridgehead atoms. The van der Waals surface area contributed by atoms with E-state index in [1.807, 2.05) is 30.5 Å². The second-order valence-electron chi connectivity index (χ2n) is 6.16. The Kier molecular flexibility index (Phi) is 4.62. The molecule has 3 aromatic rings. The van der Waals surface area contributed by atoms with Crippen molar-refractivity contribution in [2.45, 2.75) is 27.3 Å². The molecule has 0 saturated heterocycles. The lowest BCUT2D eigenvalue weighted by Gasteiger charge is -2.09. The maximum absolute atomic E-state index is 12.7. The predicted molar refractivity (Wildman–Crippen MR) is 97.5 cm³/mol. The van der Waals surface area contributed by atoms with Crippen LogP contribution in [0.2, 0.25) is 0 Å². The molecule has 0 fully saturated rings. The molecule has 7 heteroatoms. The first-order chi connectivity index (χ1) is 12.4. The van der Waals surface area contributed by atoms with Crippen molar-refractivity contribution in [1.29, 1.82) is 0 Å². The predicted octanol–water partition coefficient (Wildman–Crippen LogP) is 4.22. The lowest BCUT2D eigenvalue weighted by atomic mass is 10.1. The number of aromatic nitrogens is 1. The van der Waals surface area contributed by atoms with Gasteiger partial charge in [-0.05, 0) is 45.0 Å². The zero-order valence-corrected chi connectivity index (χ0v) is 14.8. The van der Waals surface area contributed by atoms with Gasteiger partial charge in [-0.15, -0.1) is 0 Å². The van der Waals surface area contributed by atoms with Gasteiger partial charge in [0.1, 0.15) is 5.76 Å². The number of rotatable bonds is 5. The van der Waals surface area contributed by atoms with E-state index >= 15 is 0 Å². The van der Waals surface area contributed by atoms with Crippen LogP contribution in [0.15, 0.2) is 47.1 Å². The number of nitro benzene ring substituents is 1. The minimum atomic E-state index is -0.458. The first-order valence-corrected chi connectivity index (χ1v) is 8.12. The molecule has 134 valence electrons. The van der Waals surface area contributed by atoms with E-state index in [2.05, 4.69) is 5.32 Å². The van der Waals surface area contributed by atoms with Crippen molar-refractivity contribution < 1.29 is 14.1 Å². The average Bonchev–Trinajstić information content (AvgIpc) is 3.20. The number of furan rings is 1. The molecule has 1 N–H and O–H groups in total. The third kappa shape index (κ3) is 3.37. The van der Waals surface area contributed by atoms with Gasteiger partial charge in [-0.3, -0.25) is 14.9 Å². The topological polar surface area (TPSA) is 90.3 Å². The highest BCUT2D eigenvalue weighted by molar-refractivity contribution is 6.05. The highest BCUT2D eigenvalue weighted by Gasteiger charge is 2.18. The third-order valence-corrected chi connectivity index (χ3v) is 4.38. The largest absolute Gasteiger partial charge is 0.467 e. The standard InChI is InChI=1S/C19H19N3O4/c1-12-6-7-15(10-18(12)22(24)25)20-19(23)17-9-13(2)21(14(17)3)11-16-5-4-8-26-16/h4-10H,11H2,1-3H3,(H,20,23). The summed E-state index contributed by atoms with van der Waals surface area (Å²) in [6.45, 7) is 5.98. The van der Waals surface area contributed by atoms with Crippen LogP contribution in [0, 0.1) is 30.9 Å². The van der Waals surface area contributed by atoms with Crippen LogP contribution >= 0.6 is 0 Å². The molecule has 0 saturated carbocycles. The number of hydrogen-bond donors (Lipinski definition) is 1. The molecule has 0 unspecified atom stereocenters. The summed E-state index contributed by atoms with van der Waals surface area (Å²) in [6.07, 6.45) is 1.61. The van der Waals surface area contributed by atoms with Gasteiger partial charge in [0.2, 0.25) is 0 Å². The number of carbonyl (C=O) groups excluding carboxylic acids is 1. The van der Waals surface area contributed by atoms with Gasteiger partial charge in [0.25, 0.3) is 11.6 Å². The van der Waals surface area contributed by atoms with Gasteiger partial charge in [0.15, 0.2) is 0 Å². The van der Waals surface area contributed by atoms with Gasteiger partial charge in [0.05, 0.1) is 23.3 Å². The first-order valence-electron chi connectivity index (χ1n) is 8.12. The summed E-state index contributed by atoms with van der Waals surface area (Å²) in [7, 11) is 0. The zero-order chi connectivity index (χ0) is 18.8. The van der Waals surface area contributed by atoms with Crippen molar-refractivity contribution in [2.75, 3.05) is 5.32 Å². The Morgan fingerprint density at radius 2 is 2.00 bits per heavy atom. The van der Waals surface area contributed by atoms with Crippen molar-refractivity contribution in [2.24, 2.45) is 0 Å². The fourth-order valence-corrected chi connectivity index (χ4v) is 2.91. The Hall–Kier alpha value is -3.35. The second-order valence-corrected chi connectivity index (χ2v) is 6.16. The van der Waals surface area contributed by atoms with Crippen LogP contribution in [0.3, 0.4) is 0 Å². The van der Waals surface area contributed by atoms with E-state index in [4.69, 9.17) is 4.42 Å². The fourth-order valence-electron chi connectivity index (χ4n) is 2.91. The summed E-state index contributed by atoms with van der Waals surface area (Å²) in [4.78, 5) is 23.3. The van der Waals surface area contributed by atoms with Crippen LogP contribution in [0.1, 0.15) is 33.1 Å². The number of anilines is 1. The zero-order valence-electron chi connectivity index (χ0n) is 14.8. The molecule has 0 aliphatic heterocycles. The van der Waals surface area contributed by atoms with E-state index in [-0.39, 0.29) is 11.6 Å². The van der Waals surface area contributed by atoms with E-state index in [1.165, 1.54) is 6.07 Å². The monoisotopic (exact) mass is 353 g/mol. The van der Waals surface area contributed by atoms with Crippen molar-refractivity contribution >= 4 is 17.3 Å². The Labute approximate surface area is 150 Å². The number of amides is 1. The van der Waals surface area contributed by atoms with Crippen molar-refractivity contribution in [3.63, 3.8) is 0 Å². The highest BCUT2D eigenvalue weighted by Crippen LogP contribution is 2.24. The lowest BCUT2D eigenvalue weighted by Crippen LogP contribution is -2.13. The van der Waals surface area contributed by atoms with Crippen LogP contribution in [-0.2, 0) is 6.54 Å². The van der Waals surface area contributed by atoms with E-state index in [9.17, 15) is 14.9 Å². The van der Waals surface area contributed by atoms with Gasteiger partial charge >= 0.3 is 0 Å². The molecule has 1 amide bonds. The number of nitro groups is 1. The van der Waals surface area contributed by atoms with Crippen molar-refractivity contribution in [3.05, 3.63) is 81.1 Å². The van der Waals surface area contributed by atoms with Crippen LogP contribution < -0.4 is 5.32 Å². The minimum absolute atomic E-state index is 0.0221. The Morgan fingerprint density at radius 1 is 1.23 bits per heavy atom. The Balaban J connectivity index is 1.85. The van der Waals surface area contributed by atoms with Gasteiger partial charge in [0, 0.05) is 28.7 Å². The van der Waals surface area contributed by atoms with E-state index in [1.54, 1.807) is 31.4 Å². The van der Waals surface area contributed by atoms with E-state index < -0.39 is 4.92 Å². The summed E-state index contributed by atoms with van der Waals surface area (Å²) in [6, 6.07) is 10.1. The minimum Gasteiger partial charge on any atom is -0.467 e. The molecular weight excluding hydrogens is 334 g/mol. The molecule has 0 spiro atoms. The third-order valence-electron chi connectivity index (χ3n) is 4.38. The summed E-state index contributed by atoms with van der Waals surface area (Å²) in [5.74, 6) is 0.495. The van der Waals surface area contributed by atoms with Crippen LogP contribution in [0.5, 0.6) is 0 Å². The first kappa shape index (κ1) is 17.5. The number of carbonyl (C=O) groups is 1. The molecule has 0 radical (unpaired) electrons. The number of hydrogen-bond acceptors (Lipinski definition) is 4. The van der Waals surface area contributed by atoms with Gasteiger partial charge in [-0.25, -0.2) is 0 Å². The maximum Gasteiger partial charge on any atom is 0.274 e. The number of nitrogens with one attached hydrogen (secondary N) is 1. The highest BCUT2D eigenvalue weighted by atomic mass is 16.6. The lowest BCUT2D eigenvalue weighted by molar-refractivity contribution is -0.385. The summed E-state index contributed by atoms with van der Waals surface area (Å²) >= 11 is 0. The van der Waals surface area contributed by atoms with E-state index in [0.29, 0.717) is 23.4 Å². The van der Waals surface area contributed by atoms with Crippen LogP contribution in [0.4, 0.5) is 11.4 Å². The average molecular weight is 353 g/mol. The SMILES string of the molecule is Cc1ccc(NC(=O)c2cc(C)n(Cc3ccco3)c2C)cc1[N+](=O)[O-]. The summed E-state index contributed by atoms with van der Waals surface area (Å²) in [5.41, 5.74) is 3.17. The molecule has 0 aliphatic rings. The molecule has 0 atom stereocenters. The Morgan fingerprint density at radius 3 is 2.65 bits per heavy atom. The summed E-state index contributed by atoms with van der Waals surface area (Å²) < 4.78 is 7.37. The number of benzene rings is 1. The van der Waals surface area contributed by atoms with Crippen LogP contribution in [0.25, 0.3) is 0 Å². The smallest absolute Gasteiger partial charge is 0.274 e. The Bertz CT molecular complexity index is 971. The number of aryl methyl sites for hydroxylation is 2. The molecular formula is C19H19N3O4. The molecule has 26 heavy (non-hydrogen) atoms. The quantitative estimate of drug-likeness (QED) is 0.549. The van der Waals surface area contributed by atoms with E-state index in [0.717, 1.165) is 17.1 Å². The fraction of sp³-hybridized carbons (Fsp3) is 0.211. The van der Waals surface area contributed by atoms with Crippen molar-refractivity contribution in [3.8, 4) is 0 Å². The molecule has 2 aromatic heterocycles. The van der Waals surface area contributed by atoms with Crippen molar-refractivity contribution in [1.82, 2.24) is 4.57 Å². The molecule has 0 aliphatic carbocycles. The summed E-state index contributed by atoms with van der Waals surface area (Å²) in [5, 5.41) is 13.8.